The van der Waals surface area contributed by atoms with Gasteiger partial charge in [-0.05, 0) is 30.2 Å². The van der Waals surface area contributed by atoms with E-state index in [1.54, 1.807) is 7.11 Å². The molecule has 2 aromatic carbocycles. The van der Waals surface area contributed by atoms with Crippen molar-refractivity contribution in [1.29, 1.82) is 0 Å². The van der Waals surface area contributed by atoms with Crippen molar-refractivity contribution in [2.45, 2.75) is 25.9 Å². The molecule has 0 spiro atoms. The second kappa shape index (κ2) is 7.46. The number of ether oxygens (including phenoxy) is 1. The lowest BCUT2D eigenvalue weighted by atomic mass is 10.0. The Balaban J connectivity index is 2.05. The van der Waals surface area contributed by atoms with Crippen LogP contribution in [-0.4, -0.2) is 7.11 Å². The zero-order valence-electron chi connectivity index (χ0n) is 11.9. The van der Waals surface area contributed by atoms with Crippen LogP contribution in [0.4, 0.5) is 0 Å². The third-order valence-electron chi connectivity index (χ3n) is 3.41. The number of rotatable bonds is 6. The Kier molecular flexibility index (Phi) is 5.62. The van der Waals surface area contributed by atoms with Crippen LogP contribution < -0.4 is 10.1 Å². The van der Waals surface area contributed by atoms with Gasteiger partial charge in [0.05, 0.1) is 7.11 Å². The zero-order chi connectivity index (χ0) is 14.4. The van der Waals surface area contributed by atoms with Gasteiger partial charge in [-0.25, -0.2) is 0 Å². The van der Waals surface area contributed by atoms with Crippen molar-refractivity contribution in [2.75, 3.05) is 7.11 Å². The van der Waals surface area contributed by atoms with Gasteiger partial charge in [0, 0.05) is 22.6 Å². The van der Waals surface area contributed by atoms with Crippen molar-refractivity contribution in [3.8, 4) is 5.75 Å². The number of benzene rings is 2. The van der Waals surface area contributed by atoms with Gasteiger partial charge in [-0.3, -0.25) is 0 Å². The van der Waals surface area contributed by atoms with Gasteiger partial charge < -0.3 is 10.1 Å². The summed E-state index contributed by atoms with van der Waals surface area (Å²) in [5.41, 5.74) is 2.50. The fraction of sp³-hybridized carbons (Fsp3) is 0.294. The highest BCUT2D eigenvalue weighted by atomic mass is 79.9. The Hall–Kier alpha value is -1.32. The Morgan fingerprint density at radius 2 is 1.80 bits per heavy atom. The first-order valence-electron chi connectivity index (χ1n) is 6.85. The number of hydrogen-bond donors (Lipinski definition) is 1. The Bertz CT molecular complexity index is 539. The van der Waals surface area contributed by atoms with Crippen LogP contribution in [0.3, 0.4) is 0 Å². The summed E-state index contributed by atoms with van der Waals surface area (Å²) in [7, 11) is 1.71. The standard InChI is InChI=1S/C17H20BrNO/c1-3-16(13-8-10-15(18)11-9-13)19-12-14-6-4-5-7-17(14)20-2/h4-11,16,19H,3,12H2,1-2H3. The molecule has 20 heavy (non-hydrogen) atoms. The normalized spacial score (nSPS) is 12.2. The Labute approximate surface area is 129 Å². The van der Waals surface area contributed by atoms with Gasteiger partial charge in [-0.1, -0.05) is 53.2 Å². The number of hydrogen-bond acceptors (Lipinski definition) is 2. The van der Waals surface area contributed by atoms with Gasteiger partial charge in [-0.15, -0.1) is 0 Å². The van der Waals surface area contributed by atoms with Gasteiger partial charge >= 0.3 is 0 Å². The van der Waals surface area contributed by atoms with Crippen LogP contribution >= 0.6 is 15.9 Å². The lowest BCUT2D eigenvalue weighted by molar-refractivity contribution is 0.404. The minimum absolute atomic E-state index is 0.355. The maximum Gasteiger partial charge on any atom is 0.123 e. The van der Waals surface area contributed by atoms with Crippen LogP contribution in [-0.2, 0) is 6.54 Å². The van der Waals surface area contributed by atoms with Gasteiger partial charge in [-0.2, -0.15) is 0 Å². The third-order valence-corrected chi connectivity index (χ3v) is 3.94. The molecule has 3 heteroatoms. The molecule has 0 bridgehead atoms. The summed E-state index contributed by atoms with van der Waals surface area (Å²) in [6.45, 7) is 3.00. The molecule has 1 N–H and O–H groups in total. The first-order valence-corrected chi connectivity index (χ1v) is 7.64. The summed E-state index contributed by atoms with van der Waals surface area (Å²) in [5, 5.41) is 3.60. The van der Waals surface area contributed by atoms with E-state index < -0.39 is 0 Å². The average Bonchev–Trinajstić information content (AvgIpc) is 2.50. The van der Waals surface area contributed by atoms with Gasteiger partial charge in [0.2, 0.25) is 0 Å². The second-order valence-corrected chi connectivity index (χ2v) is 5.62. The first-order chi connectivity index (χ1) is 9.74. The monoisotopic (exact) mass is 333 g/mol. The van der Waals surface area contributed by atoms with E-state index in [9.17, 15) is 0 Å². The molecule has 1 atom stereocenters. The number of para-hydroxylation sites is 1. The molecule has 2 nitrogen and oxygen atoms in total. The Morgan fingerprint density at radius 3 is 2.45 bits per heavy atom. The molecule has 0 aromatic heterocycles. The van der Waals surface area contributed by atoms with E-state index in [-0.39, 0.29) is 0 Å². The summed E-state index contributed by atoms with van der Waals surface area (Å²) in [4.78, 5) is 0. The molecule has 0 aliphatic rings. The molecule has 1 unspecified atom stereocenters. The topological polar surface area (TPSA) is 21.3 Å². The molecule has 0 amide bonds. The second-order valence-electron chi connectivity index (χ2n) is 4.71. The van der Waals surface area contributed by atoms with Crippen molar-refractivity contribution in [3.05, 3.63) is 64.1 Å². The average molecular weight is 334 g/mol. The van der Waals surface area contributed by atoms with Crippen molar-refractivity contribution >= 4 is 15.9 Å². The summed E-state index contributed by atoms with van der Waals surface area (Å²) in [5.74, 6) is 0.936. The maximum absolute atomic E-state index is 5.39. The summed E-state index contributed by atoms with van der Waals surface area (Å²) >= 11 is 3.47. The fourth-order valence-electron chi connectivity index (χ4n) is 2.28. The van der Waals surface area contributed by atoms with E-state index in [2.05, 4.69) is 58.5 Å². The molecule has 0 fully saturated rings. The summed E-state index contributed by atoms with van der Waals surface area (Å²) in [6, 6.07) is 17.0. The smallest absolute Gasteiger partial charge is 0.123 e. The predicted octanol–water partition coefficient (Wildman–Crippen LogP) is 4.70. The largest absolute Gasteiger partial charge is 0.496 e. The SMILES string of the molecule is CCC(NCc1ccccc1OC)c1ccc(Br)cc1. The fourth-order valence-corrected chi connectivity index (χ4v) is 2.54. The molecule has 0 radical (unpaired) electrons. The molecule has 0 saturated heterocycles. The minimum Gasteiger partial charge on any atom is -0.496 e. The quantitative estimate of drug-likeness (QED) is 0.827. The van der Waals surface area contributed by atoms with Crippen molar-refractivity contribution in [3.63, 3.8) is 0 Å². The van der Waals surface area contributed by atoms with E-state index >= 15 is 0 Å². The van der Waals surface area contributed by atoms with E-state index in [0.717, 1.165) is 23.2 Å². The highest BCUT2D eigenvalue weighted by Crippen LogP contribution is 2.22. The minimum atomic E-state index is 0.355. The van der Waals surface area contributed by atoms with Crippen LogP contribution in [0.2, 0.25) is 0 Å². The van der Waals surface area contributed by atoms with Gasteiger partial charge in [0.25, 0.3) is 0 Å². The highest BCUT2D eigenvalue weighted by molar-refractivity contribution is 9.10. The van der Waals surface area contributed by atoms with Crippen LogP contribution in [0, 0.1) is 0 Å². The lowest BCUT2D eigenvalue weighted by Gasteiger charge is -2.18. The van der Waals surface area contributed by atoms with Crippen molar-refractivity contribution in [1.82, 2.24) is 5.32 Å². The molecule has 0 aliphatic carbocycles. The molecule has 2 aromatic rings. The van der Waals surface area contributed by atoms with Crippen LogP contribution in [0.25, 0.3) is 0 Å². The van der Waals surface area contributed by atoms with E-state index in [1.165, 1.54) is 11.1 Å². The molecule has 0 heterocycles. The van der Waals surface area contributed by atoms with Crippen LogP contribution in [0.15, 0.2) is 53.0 Å². The van der Waals surface area contributed by atoms with E-state index in [4.69, 9.17) is 4.74 Å². The van der Waals surface area contributed by atoms with Crippen LogP contribution in [0.1, 0.15) is 30.5 Å². The van der Waals surface area contributed by atoms with Crippen molar-refractivity contribution in [2.24, 2.45) is 0 Å². The first kappa shape index (κ1) is 15.1. The summed E-state index contributed by atoms with van der Waals surface area (Å²) < 4.78 is 6.50. The van der Waals surface area contributed by atoms with Crippen molar-refractivity contribution < 1.29 is 4.74 Å². The maximum atomic E-state index is 5.39. The molecule has 0 saturated carbocycles. The molecule has 2 rings (SSSR count). The van der Waals surface area contributed by atoms with E-state index in [1.807, 2.05) is 18.2 Å². The number of halogens is 1. The zero-order valence-corrected chi connectivity index (χ0v) is 13.5. The number of methoxy groups -OCH3 is 1. The van der Waals surface area contributed by atoms with Crippen LogP contribution in [0.5, 0.6) is 5.75 Å². The molecular formula is C17H20BrNO. The third kappa shape index (κ3) is 3.84. The van der Waals surface area contributed by atoms with Gasteiger partial charge in [0.1, 0.15) is 5.75 Å². The highest BCUT2D eigenvalue weighted by Gasteiger charge is 2.10. The lowest BCUT2D eigenvalue weighted by Crippen LogP contribution is -2.20. The van der Waals surface area contributed by atoms with Gasteiger partial charge in [0.15, 0.2) is 0 Å². The van der Waals surface area contributed by atoms with E-state index in [0.29, 0.717) is 6.04 Å². The predicted molar refractivity (Wildman–Crippen MR) is 87.0 cm³/mol. The molecule has 106 valence electrons. The molecular weight excluding hydrogens is 314 g/mol. The summed E-state index contributed by atoms with van der Waals surface area (Å²) in [6.07, 6.45) is 1.05. The molecule has 0 aliphatic heterocycles. The number of nitrogens with one attached hydrogen (secondary N) is 1. The Morgan fingerprint density at radius 1 is 1.10 bits per heavy atom.